The van der Waals surface area contributed by atoms with Crippen molar-refractivity contribution in [3.05, 3.63) is 41.5 Å². The molecule has 3 heterocycles. The number of methoxy groups -OCH3 is 1. The highest BCUT2D eigenvalue weighted by Crippen LogP contribution is 2.42. The van der Waals surface area contributed by atoms with Crippen LogP contribution in [0.25, 0.3) is 16.8 Å². The minimum Gasteiger partial charge on any atom is -0.493 e. The molecule has 1 aromatic carbocycles. The third-order valence-electron chi connectivity index (χ3n) is 6.60. The first-order chi connectivity index (χ1) is 17.8. The first-order valence-corrected chi connectivity index (χ1v) is 11.3. The van der Waals surface area contributed by atoms with Crippen LogP contribution in [0.15, 0.2) is 24.5 Å². The number of carbonyl (C=O) groups excluding carboxylic acids is 2. The van der Waals surface area contributed by atoms with Crippen LogP contribution in [0.3, 0.4) is 0 Å². The van der Waals surface area contributed by atoms with E-state index in [2.05, 4.69) is 15.4 Å². The highest BCUT2D eigenvalue weighted by atomic mass is 19.4. The minimum atomic E-state index is -4.85. The van der Waals surface area contributed by atoms with Gasteiger partial charge in [-0.3, -0.25) is 9.59 Å². The summed E-state index contributed by atoms with van der Waals surface area (Å²) in [6.45, 7) is -0.741. The molecule has 0 unspecified atom stereocenters. The van der Waals surface area contributed by atoms with Crippen molar-refractivity contribution in [1.82, 2.24) is 24.8 Å². The lowest BCUT2D eigenvalue weighted by atomic mass is 10.0. The summed E-state index contributed by atoms with van der Waals surface area (Å²) >= 11 is 0. The fourth-order valence-electron chi connectivity index (χ4n) is 4.53. The molecule has 2 amide bonds. The zero-order valence-corrected chi connectivity index (χ0v) is 19.7. The average molecular weight is 542 g/mol. The molecule has 1 saturated heterocycles. The van der Waals surface area contributed by atoms with E-state index < -0.39 is 76.4 Å². The van der Waals surface area contributed by atoms with Crippen molar-refractivity contribution in [2.45, 2.75) is 36.9 Å². The number of hydrogen-bond acceptors (Lipinski definition) is 6. The van der Waals surface area contributed by atoms with Crippen LogP contribution in [-0.2, 0) is 11.0 Å². The van der Waals surface area contributed by atoms with Crippen LogP contribution in [0.2, 0.25) is 0 Å². The van der Waals surface area contributed by atoms with Gasteiger partial charge in [-0.1, -0.05) is 0 Å². The quantitative estimate of drug-likeness (QED) is 0.480. The van der Waals surface area contributed by atoms with E-state index in [-0.39, 0.29) is 30.6 Å². The number of ether oxygens (including phenoxy) is 1. The Kier molecular flexibility index (Phi) is 5.91. The number of amides is 2. The third kappa shape index (κ3) is 4.24. The second-order valence-electron chi connectivity index (χ2n) is 9.16. The molecule has 0 radical (unpaired) electrons. The molecule has 2 aromatic heterocycles. The summed E-state index contributed by atoms with van der Waals surface area (Å²) in [4.78, 5) is 29.9. The lowest BCUT2D eigenvalue weighted by Crippen LogP contribution is -2.43. The largest absolute Gasteiger partial charge is 0.493 e. The molecule has 202 valence electrons. The number of nitrogens with zero attached hydrogens (tertiary/aromatic N) is 4. The van der Waals surface area contributed by atoms with E-state index in [0.717, 1.165) is 35.0 Å². The summed E-state index contributed by atoms with van der Waals surface area (Å²) in [5, 5.41) is 6.14. The average Bonchev–Trinajstić information content (AvgIpc) is 3.30. The Labute approximate surface area is 210 Å². The fraction of sp³-hybridized carbons (Fsp3) is 0.391. The van der Waals surface area contributed by atoms with Gasteiger partial charge in [-0.25, -0.2) is 22.7 Å². The number of nitrogen functional groups attached to an aromatic ring is 1. The lowest BCUT2D eigenvalue weighted by molar-refractivity contribution is -0.137. The number of aromatic nitrogens is 3. The highest BCUT2D eigenvalue weighted by Gasteiger charge is 2.54. The van der Waals surface area contributed by atoms with Crippen molar-refractivity contribution in [3.8, 4) is 17.0 Å². The van der Waals surface area contributed by atoms with E-state index in [0.29, 0.717) is 6.07 Å². The van der Waals surface area contributed by atoms with E-state index in [1.165, 1.54) is 0 Å². The van der Waals surface area contributed by atoms with E-state index >= 15 is 4.39 Å². The number of fused-ring (bicyclic) bond motifs is 1. The molecule has 2 fully saturated rings. The van der Waals surface area contributed by atoms with Crippen molar-refractivity contribution < 1.29 is 40.7 Å². The van der Waals surface area contributed by atoms with Gasteiger partial charge in [0, 0.05) is 12.1 Å². The zero-order chi connectivity index (χ0) is 27.6. The lowest BCUT2D eigenvalue weighted by Gasteiger charge is -2.19. The normalized spacial score (nSPS) is 20.6. The fourth-order valence-corrected chi connectivity index (χ4v) is 4.53. The Hall–Kier alpha value is -4.04. The van der Waals surface area contributed by atoms with Gasteiger partial charge in [0.15, 0.2) is 23.1 Å². The van der Waals surface area contributed by atoms with Gasteiger partial charge in [0.1, 0.15) is 18.0 Å². The number of alkyl halides is 5. The molecule has 3 N–H and O–H groups in total. The van der Waals surface area contributed by atoms with Gasteiger partial charge in [0.05, 0.1) is 36.5 Å². The second kappa shape index (κ2) is 8.77. The predicted molar refractivity (Wildman–Crippen MR) is 120 cm³/mol. The van der Waals surface area contributed by atoms with Gasteiger partial charge >= 0.3 is 6.18 Å². The standard InChI is InChI=1S/C23H20F6N6O3/c1-38-18-11(20(36)33-15-8-34(7-14(15)25)21(37)22(26)2-3-22)4-10(5-13(18)24)16-6-12(23(27,28)29)17-19(30)31-9-32-35(16)17/h4-6,9,14-15H,2-3,7-8H2,1H3,(H,33,36)(H2,30,31,32)/t14-,15+/m0/s1. The van der Waals surface area contributed by atoms with E-state index in [1.54, 1.807) is 0 Å². The molecule has 1 aliphatic carbocycles. The van der Waals surface area contributed by atoms with Crippen LogP contribution < -0.4 is 15.8 Å². The smallest absolute Gasteiger partial charge is 0.418 e. The minimum absolute atomic E-state index is 0.0423. The number of likely N-dealkylation sites (tertiary alicyclic amines) is 1. The van der Waals surface area contributed by atoms with Crippen molar-refractivity contribution in [2.75, 3.05) is 25.9 Å². The summed E-state index contributed by atoms with van der Waals surface area (Å²) in [6.07, 6.45) is -5.58. The molecule has 2 atom stereocenters. The summed E-state index contributed by atoms with van der Waals surface area (Å²) < 4.78 is 90.7. The van der Waals surface area contributed by atoms with Crippen LogP contribution in [0.4, 0.5) is 32.2 Å². The molecule has 5 rings (SSSR count). The number of nitrogens with one attached hydrogen (secondary N) is 1. The molecule has 1 aliphatic heterocycles. The van der Waals surface area contributed by atoms with Crippen LogP contribution in [0, 0.1) is 5.82 Å². The molecule has 3 aromatic rings. The molecular formula is C23H20F6N6O3. The van der Waals surface area contributed by atoms with Crippen LogP contribution in [0.5, 0.6) is 5.75 Å². The summed E-state index contributed by atoms with van der Waals surface area (Å²) in [5.74, 6) is -3.98. The van der Waals surface area contributed by atoms with Crippen LogP contribution in [-0.4, -0.2) is 69.4 Å². The summed E-state index contributed by atoms with van der Waals surface area (Å²) in [5.41, 5.74) is 1.01. The van der Waals surface area contributed by atoms with Gasteiger partial charge in [0.2, 0.25) is 0 Å². The number of rotatable bonds is 5. The molecule has 0 bridgehead atoms. The molecule has 2 aliphatic rings. The van der Waals surface area contributed by atoms with E-state index in [1.807, 2.05) is 0 Å². The summed E-state index contributed by atoms with van der Waals surface area (Å²) in [6, 6.07) is 1.36. The van der Waals surface area contributed by atoms with Gasteiger partial charge < -0.3 is 20.7 Å². The molecule has 38 heavy (non-hydrogen) atoms. The topological polar surface area (TPSA) is 115 Å². The van der Waals surface area contributed by atoms with Crippen LogP contribution >= 0.6 is 0 Å². The van der Waals surface area contributed by atoms with Gasteiger partial charge in [-0.2, -0.15) is 18.3 Å². The Morgan fingerprint density at radius 1 is 1.21 bits per heavy atom. The number of carbonyl (C=O) groups is 2. The van der Waals surface area contributed by atoms with Crippen molar-refractivity contribution in [3.63, 3.8) is 0 Å². The maximum atomic E-state index is 15.0. The Morgan fingerprint density at radius 2 is 1.92 bits per heavy atom. The number of nitrogens with two attached hydrogens (primary N) is 1. The Balaban J connectivity index is 1.50. The highest BCUT2D eigenvalue weighted by molar-refractivity contribution is 5.99. The van der Waals surface area contributed by atoms with Crippen molar-refractivity contribution >= 4 is 23.1 Å². The summed E-state index contributed by atoms with van der Waals surface area (Å²) in [7, 11) is 1.07. The number of anilines is 1. The third-order valence-corrected chi connectivity index (χ3v) is 6.60. The number of halogens is 6. The maximum Gasteiger partial charge on any atom is 0.418 e. The van der Waals surface area contributed by atoms with E-state index in [9.17, 15) is 31.5 Å². The molecule has 15 heteroatoms. The Bertz CT molecular complexity index is 1450. The molecule has 0 spiro atoms. The van der Waals surface area contributed by atoms with Gasteiger partial charge in [0.25, 0.3) is 11.8 Å². The Morgan fingerprint density at radius 3 is 2.55 bits per heavy atom. The van der Waals surface area contributed by atoms with Crippen molar-refractivity contribution in [2.24, 2.45) is 0 Å². The van der Waals surface area contributed by atoms with Crippen molar-refractivity contribution in [1.29, 1.82) is 0 Å². The SMILES string of the molecule is COc1c(F)cc(-c2cc(C(F)(F)F)c3c(N)ncnn23)cc1C(=O)N[C@@H]1CN(C(=O)C2(F)CC2)C[C@@H]1F. The maximum absolute atomic E-state index is 15.0. The second-order valence-corrected chi connectivity index (χ2v) is 9.16. The van der Waals surface area contributed by atoms with Crippen LogP contribution in [0.1, 0.15) is 28.8 Å². The number of hydrogen-bond donors (Lipinski definition) is 2. The van der Waals surface area contributed by atoms with Gasteiger partial charge in [-0.05, 0) is 31.0 Å². The molecule has 1 saturated carbocycles. The monoisotopic (exact) mass is 542 g/mol. The van der Waals surface area contributed by atoms with Gasteiger partial charge in [-0.15, -0.1) is 0 Å². The van der Waals surface area contributed by atoms with E-state index in [4.69, 9.17) is 10.5 Å². The predicted octanol–water partition coefficient (Wildman–Crippen LogP) is 2.93. The molecular weight excluding hydrogens is 522 g/mol. The first-order valence-electron chi connectivity index (χ1n) is 11.3. The first kappa shape index (κ1) is 25.6. The number of benzene rings is 1. The zero-order valence-electron chi connectivity index (χ0n) is 19.7. The molecule has 9 nitrogen and oxygen atoms in total.